The zero-order valence-corrected chi connectivity index (χ0v) is 13.8. The van der Waals surface area contributed by atoms with Crippen LogP contribution in [0.3, 0.4) is 0 Å². The Labute approximate surface area is 126 Å². The van der Waals surface area contributed by atoms with E-state index >= 15 is 0 Å². The van der Waals surface area contributed by atoms with Crippen molar-refractivity contribution in [3.8, 4) is 5.75 Å². The third-order valence-corrected chi connectivity index (χ3v) is 4.57. The molecule has 0 saturated heterocycles. The summed E-state index contributed by atoms with van der Waals surface area (Å²) in [5.74, 6) is 0.688. The lowest BCUT2D eigenvalue weighted by Gasteiger charge is -2.24. The Morgan fingerprint density at radius 3 is 2.62 bits per heavy atom. The number of ether oxygens (including phenoxy) is 1. The molecule has 1 aromatic carbocycles. The highest BCUT2D eigenvalue weighted by atomic mass is 32.2. The van der Waals surface area contributed by atoms with Crippen LogP contribution < -0.4 is 9.46 Å². The predicted molar refractivity (Wildman–Crippen MR) is 82.3 cm³/mol. The van der Waals surface area contributed by atoms with E-state index in [4.69, 9.17) is 9.84 Å². The number of rotatable bonds is 8. The van der Waals surface area contributed by atoms with Gasteiger partial charge in [-0.25, -0.2) is 4.72 Å². The van der Waals surface area contributed by atoms with Crippen molar-refractivity contribution in [2.75, 3.05) is 27.3 Å². The third kappa shape index (κ3) is 5.62. The molecule has 0 radical (unpaired) electrons. The van der Waals surface area contributed by atoms with Crippen molar-refractivity contribution in [1.82, 2.24) is 9.03 Å². The van der Waals surface area contributed by atoms with Gasteiger partial charge >= 0.3 is 0 Å². The van der Waals surface area contributed by atoms with Gasteiger partial charge in [-0.05, 0) is 17.7 Å². The van der Waals surface area contributed by atoms with E-state index < -0.39 is 15.6 Å². The second-order valence-corrected chi connectivity index (χ2v) is 7.62. The molecule has 0 amide bonds. The molecule has 1 rings (SSSR count). The molecule has 7 heteroatoms. The number of hydrogen-bond acceptors (Lipinski definition) is 4. The fourth-order valence-electron chi connectivity index (χ4n) is 1.57. The number of hydrogen-bond donors (Lipinski definition) is 2. The summed E-state index contributed by atoms with van der Waals surface area (Å²) in [5, 5.41) is 9.16. The summed E-state index contributed by atoms with van der Waals surface area (Å²) in [6, 6.07) is 7.26. The van der Waals surface area contributed by atoms with Crippen molar-refractivity contribution in [1.29, 1.82) is 0 Å². The van der Waals surface area contributed by atoms with Crippen LogP contribution in [0.5, 0.6) is 5.75 Å². The fourth-order valence-corrected chi connectivity index (χ4v) is 2.68. The Bertz CT molecular complexity index is 558. The molecule has 0 spiro atoms. The molecule has 0 unspecified atom stereocenters. The van der Waals surface area contributed by atoms with Gasteiger partial charge in [-0.3, -0.25) is 0 Å². The minimum atomic E-state index is -3.59. The highest BCUT2D eigenvalue weighted by Gasteiger charge is 2.23. The Morgan fingerprint density at radius 1 is 1.38 bits per heavy atom. The smallest absolute Gasteiger partial charge is 0.279 e. The number of nitrogens with one attached hydrogen (secondary N) is 1. The maximum Gasteiger partial charge on any atom is 0.279 e. The molecule has 120 valence electrons. The van der Waals surface area contributed by atoms with E-state index in [1.165, 1.54) is 11.4 Å². The predicted octanol–water partition coefficient (Wildman–Crippen LogP) is 0.980. The number of methoxy groups -OCH3 is 1. The van der Waals surface area contributed by atoms with Gasteiger partial charge in [0.2, 0.25) is 0 Å². The number of nitrogens with zero attached hydrogens (tertiary/aromatic N) is 1. The van der Waals surface area contributed by atoms with Crippen LogP contribution >= 0.6 is 0 Å². The van der Waals surface area contributed by atoms with Crippen LogP contribution in [0, 0.1) is 5.41 Å². The lowest BCUT2D eigenvalue weighted by atomic mass is 9.96. The summed E-state index contributed by atoms with van der Waals surface area (Å²) in [6.45, 7) is 3.91. The summed E-state index contributed by atoms with van der Waals surface area (Å²) in [4.78, 5) is 0. The zero-order valence-electron chi connectivity index (χ0n) is 13.0. The largest absolute Gasteiger partial charge is 0.497 e. The Balaban J connectivity index is 2.70. The molecule has 0 aromatic heterocycles. The van der Waals surface area contributed by atoms with Crippen LogP contribution in [0.25, 0.3) is 0 Å². The molecule has 21 heavy (non-hydrogen) atoms. The molecule has 0 aliphatic heterocycles. The van der Waals surface area contributed by atoms with Crippen LogP contribution in [0.4, 0.5) is 0 Å². The molecule has 1 aromatic rings. The topological polar surface area (TPSA) is 78.9 Å². The molecule has 0 bridgehead atoms. The van der Waals surface area contributed by atoms with Crippen LogP contribution in [-0.2, 0) is 16.8 Å². The van der Waals surface area contributed by atoms with Crippen molar-refractivity contribution < 1.29 is 18.3 Å². The average molecular weight is 316 g/mol. The average Bonchev–Trinajstić information content (AvgIpc) is 2.45. The van der Waals surface area contributed by atoms with Gasteiger partial charge in [-0.15, -0.1) is 0 Å². The molecule has 0 aliphatic carbocycles. The highest BCUT2D eigenvalue weighted by molar-refractivity contribution is 7.87. The molecule has 6 nitrogen and oxygen atoms in total. The van der Waals surface area contributed by atoms with E-state index in [1.807, 2.05) is 12.1 Å². The van der Waals surface area contributed by atoms with Crippen molar-refractivity contribution >= 4 is 10.2 Å². The third-order valence-electron chi connectivity index (χ3n) is 3.11. The van der Waals surface area contributed by atoms with Gasteiger partial charge in [0.05, 0.1) is 7.11 Å². The fraction of sp³-hybridized carbons (Fsp3) is 0.571. The molecular weight excluding hydrogens is 292 g/mol. The monoisotopic (exact) mass is 316 g/mol. The van der Waals surface area contributed by atoms with Gasteiger partial charge in [-0.1, -0.05) is 26.0 Å². The highest BCUT2D eigenvalue weighted by Crippen LogP contribution is 2.16. The molecule has 0 heterocycles. The second-order valence-electron chi connectivity index (χ2n) is 5.76. The Hall–Kier alpha value is -1.15. The first-order valence-corrected chi connectivity index (χ1v) is 8.09. The lowest BCUT2D eigenvalue weighted by molar-refractivity contribution is 0.162. The van der Waals surface area contributed by atoms with Gasteiger partial charge in [0, 0.05) is 32.2 Å². The summed E-state index contributed by atoms with van der Waals surface area (Å²) in [6.07, 6.45) is 0. The zero-order chi connectivity index (χ0) is 16.1. The summed E-state index contributed by atoms with van der Waals surface area (Å²) >= 11 is 0. The van der Waals surface area contributed by atoms with E-state index in [9.17, 15) is 8.42 Å². The second kappa shape index (κ2) is 7.22. The SMILES string of the molecule is COc1cccc(CN(C)S(=O)(=O)NCC(C)(C)CO)c1. The van der Waals surface area contributed by atoms with E-state index in [1.54, 1.807) is 33.1 Å². The van der Waals surface area contributed by atoms with Crippen molar-refractivity contribution in [3.63, 3.8) is 0 Å². The quantitative estimate of drug-likeness (QED) is 0.749. The van der Waals surface area contributed by atoms with Crippen molar-refractivity contribution in [2.24, 2.45) is 5.41 Å². The molecular formula is C14H24N2O4S. The summed E-state index contributed by atoms with van der Waals surface area (Å²) in [7, 11) is -0.515. The molecule has 0 saturated carbocycles. The molecule has 2 N–H and O–H groups in total. The molecule has 0 aliphatic rings. The van der Waals surface area contributed by atoms with Gasteiger partial charge in [0.1, 0.15) is 5.75 Å². The standard InChI is InChI=1S/C14H24N2O4S/c1-14(2,11-17)10-15-21(18,19)16(3)9-12-6-5-7-13(8-12)20-4/h5-8,15,17H,9-11H2,1-4H3. The Morgan fingerprint density at radius 2 is 2.05 bits per heavy atom. The number of aliphatic hydroxyl groups excluding tert-OH is 1. The minimum Gasteiger partial charge on any atom is -0.497 e. The van der Waals surface area contributed by atoms with Crippen LogP contribution in [0.15, 0.2) is 24.3 Å². The van der Waals surface area contributed by atoms with E-state index in [-0.39, 0.29) is 19.7 Å². The van der Waals surface area contributed by atoms with Crippen LogP contribution in [-0.4, -0.2) is 45.1 Å². The van der Waals surface area contributed by atoms with Gasteiger partial charge in [-0.2, -0.15) is 12.7 Å². The van der Waals surface area contributed by atoms with Crippen LogP contribution in [0.2, 0.25) is 0 Å². The molecule has 0 fully saturated rings. The first-order chi connectivity index (χ1) is 9.70. The van der Waals surface area contributed by atoms with Crippen molar-refractivity contribution in [2.45, 2.75) is 20.4 Å². The number of benzene rings is 1. The van der Waals surface area contributed by atoms with Gasteiger partial charge in [0.25, 0.3) is 10.2 Å². The number of aliphatic hydroxyl groups is 1. The van der Waals surface area contributed by atoms with E-state index in [2.05, 4.69) is 4.72 Å². The first-order valence-electron chi connectivity index (χ1n) is 6.65. The minimum absolute atomic E-state index is 0.0882. The first kappa shape index (κ1) is 17.9. The van der Waals surface area contributed by atoms with Gasteiger partial charge in [0.15, 0.2) is 0 Å². The van der Waals surface area contributed by atoms with E-state index in [0.717, 1.165) is 5.56 Å². The van der Waals surface area contributed by atoms with Crippen molar-refractivity contribution in [3.05, 3.63) is 29.8 Å². The van der Waals surface area contributed by atoms with Gasteiger partial charge < -0.3 is 9.84 Å². The normalized spacial score (nSPS) is 12.7. The van der Waals surface area contributed by atoms with Crippen LogP contribution in [0.1, 0.15) is 19.4 Å². The maximum absolute atomic E-state index is 12.2. The lowest BCUT2D eigenvalue weighted by Crippen LogP contribution is -2.43. The van der Waals surface area contributed by atoms with E-state index in [0.29, 0.717) is 5.75 Å². The maximum atomic E-state index is 12.2. The Kier molecular flexibility index (Phi) is 6.15. The summed E-state index contributed by atoms with van der Waals surface area (Å²) in [5.41, 5.74) is 0.341. The summed E-state index contributed by atoms with van der Waals surface area (Å²) < 4.78 is 33.2. The molecule has 0 atom stereocenters.